The molecule has 0 aliphatic rings. The zero-order chi connectivity index (χ0) is 9.68. The summed E-state index contributed by atoms with van der Waals surface area (Å²) in [5.74, 6) is 0. The highest BCUT2D eigenvalue weighted by Gasteiger charge is 2.01. The molecule has 0 aliphatic carbocycles. The van der Waals surface area contributed by atoms with Gasteiger partial charge < -0.3 is 0 Å². The van der Waals surface area contributed by atoms with E-state index < -0.39 is 0 Å². The number of nitrogens with zero attached hydrogens (tertiary/aromatic N) is 1. The largest absolute Gasteiger partial charge is 0.240 e. The Hall–Kier alpha value is -1.73. The zero-order valence-electron chi connectivity index (χ0n) is 7.12. The van der Waals surface area contributed by atoms with Crippen LogP contribution in [0.4, 0.5) is 10.1 Å². The Bertz CT molecular complexity index is 378. The summed E-state index contributed by atoms with van der Waals surface area (Å²) in [4.78, 5) is 13.5. The first kappa shape index (κ1) is 9.36. The Kier molecular flexibility index (Phi) is 3.12. The third-order valence-electron chi connectivity index (χ3n) is 1.66. The van der Waals surface area contributed by atoms with E-state index in [-0.39, 0.29) is 0 Å². The molecule has 0 aromatic heterocycles. The second-order valence-corrected chi connectivity index (χ2v) is 2.51. The van der Waals surface area contributed by atoms with Crippen LogP contribution >= 0.6 is 0 Å². The van der Waals surface area contributed by atoms with Gasteiger partial charge in [0.25, 0.3) is 0 Å². The van der Waals surface area contributed by atoms with E-state index in [4.69, 9.17) is 0 Å². The van der Waals surface area contributed by atoms with Crippen LogP contribution in [0.1, 0.15) is 12.5 Å². The predicted molar refractivity (Wildman–Crippen MR) is 49.0 cm³/mol. The highest BCUT2D eigenvalue weighted by atomic mass is 19.1. The average molecular weight is 177 g/mol. The van der Waals surface area contributed by atoms with E-state index in [1.54, 1.807) is 31.2 Å². The van der Waals surface area contributed by atoms with E-state index in [9.17, 15) is 9.18 Å². The smallest absolute Gasteiger partial charge is 0.215 e. The van der Waals surface area contributed by atoms with E-state index in [0.717, 1.165) is 0 Å². The van der Waals surface area contributed by atoms with Crippen molar-refractivity contribution in [2.75, 3.05) is 0 Å². The van der Waals surface area contributed by atoms with Crippen molar-refractivity contribution >= 4 is 17.3 Å². The van der Waals surface area contributed by atoms with Crippen LogP contribution in [0.3, 0.4) is 0 Å². The molecule has 0 amide bonds. The molecule has 0 N–H and O–H groups in total. The summed E-state index contributed by atoms with van der Waals surface area (Å²) >= 11 is 0. The third-order valence-corrected chi connectivity index (χ3v) is 1.66. The quantitative estimate of drug-likeness (QED) is 0.504. The van der Waals surface area contributed by atoms with Crippen LogP contribution in [0.25, 0.3) is 5.57 Å². The lowest BCUT2D eigenvalue weighted by molar-refractivity contribution is 0.565. The number of para-hydroxylation sites is 1. The van der Waals surface area contributed by atoms with Gasteiger partial charge in [-0.2, -0.15) is 4.99 Å². The summed E-state index contributed by atoms with van der Waals surface area (Å²) in [7, 11) is 0. The standard InChI is InChI=1S/C10H8FNO/c1-8(6-11)9-4-2-3-5-10(9)12-7-13/h2-6H,1H3/b8-6+. The number of benzene rings is 1. The molecule has 0 fully saturated rings. The summed E-state index contributed by atoms with van der Waals surface area (Å²) in [5, 5.41) is 0. The molecule has 0 unspecified atom stereocenters. The Morgan fingerprint density at radius 2 is 2.23 bits per heavy atom. The number of allylic oxidation sites excluding steroid dienone is 1. The maximum absolute atomic E-state index is 12.2. The van der Waals surface area contributed by atoms with Gasteiger partial charge in [-0.1, -0.05) is 18.2 Å². The lowest BCUT2D eigenvalue weighted by atomic mass is 10.1. The topological polar surface area (TPSA) is 29.4 Å². The molecule has 2 nitrogen and oxygen atoms in total. The first-order valence-electron chi connectivity index (χ1n) is 3.74. The molecule has 0 saturated heterocycles. The Morgan fingerprint density at radius 1 is 1.54 bits per heavy atom. The molecule has 1 aromatic rings. The van der Waals surface area contributed by atoms with Crippen LogP contribution in [-0.2, 0) is 4.79 Å². The van der Waals surface area contributed by atoms with Crippen molar-refractivity contribution in [3.8, 4) is 0 Å². The van der Waals surface area contributed by atoms with E-state index >= 15 is 0 Å². The van der Waals surface area contributed by atoms with Crippen LogP contribution in [0.5, 0.6) is 0 Å². The van der Waals surface area contributed by atoms with Crippen molar-refractivity contribution in [2.45, 2.75) is 6.92 Å². The molecule has 0 saturated carbocycles. The van der Waals surface area contributed by atoms with Crippen molar-refractivity contribution in [1.29, 1.82) is 0 Å². The fourth-order valence-corrected chi connectivity index (χ4v) is 1.01. The van der Waals surface area contributed by atoms with E-state index in [0.29, 0.717) is 23.2 Å². The van der Waals surface area contributed by atoms with Crippen LogP contribution in [0, 0.1) is 0 Å². The van der Waals surface area contributed by atoms with Crippen molar-refractivity contribution in [2.24, 2.45) is 4.99 Å². The number of rotatable bonds is 2. The first-order valence-corrected chi connectivity index (χ1v) is 3.74. The minimum atomic E-state index is 0.434. The number of carbonyl (C=O) groups excluding carboxylic acids is 1. The van der Waals surface area contributed by atoms with Crippen molar-refractivity contribution in [3.05, 3.63) is 36.2 Å². The van der Waals surface area contributed by atoms with Gasteiger partial charge >= 0.3 is 0 Å². The second-order valence-electron chi connectivity index (χ2n) is 2.51. The number of halogens is 1. The molecule has 0 spiro atoms. The third kappa shape index (κ3) is 2.10. The molecule has 0 radical (unpaired) electrons. The maximum atomic E-state index is 12.2. The van der Waals surface area contributed by atoms with Gasteiger partial charge in [-0.05, 0) is 18.6 Å². The normalized spacial score (nSPS) is 10.8. The number of aliphatic imine (C=N–C) groups is 1. The van der Waals surface area contributed by atoms with Gasteiger partial charge in [0.1, 0.15) is 0 Å². The van der Waals surface area contributed by atoms with Crippen LogP contribution in [-0.4, -0.2) is 6.08 Å². The Balaban J connectivity index is 3.27. The molecule has 1 rings (SSSR count). The molecule has 0 bridgehead atoms. The Morgan fingerprint density at radius 3 is 2.85 bits per heavy atom. The maximum Gasteiger partial charge on any atom is 0.240 e. The van der Waals surface area contributed by atoms with Crippen LogP contribution < -0.4 is 0 Å². The van der Waals surface area contributed by atoms with Gasteiger partial charge in [-0.25, -0.2) is 9.18 Å². The van der Waals surface area contributed by atoms with Crippen molar-refractivity contribution < 1.29 is 9.18 Å². The second kappa shape index (κ2) is 4.33. The van der Waals surface area contributed by atoms with Gasteiger partial charge in [0.15, 0.2) is 0 Å². The van der Waals surface area contributed by atoms with Gasteiger partial charge in [-0.15, -0.1) is 0 Å². The first-order chi connectivity index (χ1) is 6.29. The fraction of sp³-hybridized carbons (Fsp3) is 0.100. The Labute approximate surface area is 75.4 Å². The number of hydrogen-bond donors (Lipinski definition) is 0. The number of isocyanates is 1. The summed E-state index contributed by atoms with van der Waals surface area (Å²) < 4.78 is 12.2. The molecule has 0 aliphatic heterocycles. The van der Waals surface area contributed by atoms with E-state index in [1.807, 2.05) is 0 Å². The zero-order valence-corrected chi connectivity index (χ0v) is 7.12. The number of hydrogen-bond acceptors (Lipinski definition) is 2. The lowest BCUT2D eigenvalue weighted by Crippen LogP contribution is -1.79. The molecular weight excluding hydrogens is 169 g/mol. The molecule has 0 heterocycles. The van der Waals surface area contributed by atoms with Gasteiger partial charge in [0, 0.05) is 5.56 Å². The molecule has 13 heavy (non-hydrogen) atoms. The minimum absolute atomic E-state index is 0.434. The van der Waals surface area contributed by atoms with Crippen LogP contribution in [0.15, 0.2) is 35.6 Å². The summed E-state index contributed by atoms with van der Waals surface area (Å²) in [6, 6.07) is 6.81. The highest BCUT2D eigenvalue weighted by molar-refractivity contribution is 5.74. The average Bonchev–Trinajstić information content (AvgIpc) is 2.18. The summed E-state index contributed by atoms with van der Waals surface area (Å²) in [6.07, 6.45) is 1.91. The predicted octanol–water partition coefficient (Wildman–Crippen LogP) is 2.98. The highest BCUT2D eigenvalue weighted by Crippen LogP contribution is 2.25. The summed E-state index contributed by atoms with van der Waals surface area (Å²) in [5.41, 5.74) is 1.48. The minimum Gasteiger partial charge on any atom is -0.215 e. The van der Waals surface area contributed by atoms with Crippen molar-refractivity contribution in [3.63, 3.8) is 0 Å². The molecule has 1 aromatic carbocycles. The SMILES string of the molecule is C/C(=C\F)c1ccccc1N=C=O. The van der Waals surface area contributed by atoms with Gasteiger partial charge in [0.2, 0.25) is 6.08 Å². The lowest BCUT2D eigenvalue weighted by Gasteiger charge is -2.01. The molecule has 0 atom stereocenters. The van der Waals surface area contributed by atoms with E-state index in [1.165, 1.54) is 6.08 Å². The molecule has 66 valence electrons. The van der Waals surface area contributed by atoms with Crippen molar-refractivity contribution in [1.82, 2.24) is 0 Å². The van der Waals surface area contributed by atoms with Gasteiger partial charge in [0.05, 0.1) is 12.0 Å². The monoisotopic (exact) mass is 177 g/mol. The summed E-state index contributed by atoms with van der Waals surface area (Å²) in [6.45, 7) is 1.61. The van der Waals surface area contributed by atoms with E-state index in [2.05, 4.69) is 4.99 Å². The molecular formula is C10H8FNO. The van der Waals surface area contributed by atoms with Crippen LogP contribution in [0.2, 0.25) is 0 Å². The fourth-order valence-electron chi connectivity index (χ4n) is 1.01. The van der Waals surface area contributed by atoms with Gasteiger partial charge in [-0.3, -0.25) is 0 Å². The molecule has 3 heteroatoms.